The second-order valence-corrected chi connectivity index (χ2v) is 9.50. The second kappa shape index (κ2) is 8.39. The van der Waals surface area contributed by atoms with E-state index in [0.29, 0.717) is 24.3 Å². The normalized spacial score (nSPS) is 20.6. The molecular weight excluding hydrogens is 362 g/mol. The van der Waals surface area contributed by atoms with Gasteiger partial charge in [-0.1, -0.05) is 12.1 Å². The third-order valence-corrected chi connectivity index (χ3v) is 5.85. The van der Waals surface area contributed by atoms with Gasteiger partial charge in [0, 0.05) is 32.6 Å². The first-order chi connectivity index (χ1) is 12.8. The minimum Gasteiger partial charge on any atom is -0.362 e. The Morgan fingerprint density at radius 2 is 1.67 bits per heavy atom. The monoisotopic (exact) mass is 391 g/mol. The highest BCUT2D eigenvalue weighted by atomic mass is 32.2. The Morgan fingerprint density at radius 1 is 1.04 bits per heavy atom. The summed E-state index contributed by atoms with van der Waals surface area (Å²) < 4.78 is 25.1. The van der Waals surface area contributed by atoms with E-state index >= 15 is 0 Å². The Labute approximate surface area is 161 Å². The van der Waals surface area contributed by atoms with Crippen molar-refractivity contribution in [3.05, 3.63) is 24.3 Å². The molecule has 1 aliphatic carbocycles. The molecule has 0 aliphatic heterocycles. The van der Waals surface area contributed by atoms with Crippen LogP contribution in [0.15, 0.2) is 24.3 Å². The van der Waals surface area contributed by atoms with Crippen LogP contribution in [0.4, 0.5) is 11.8 Å². The van der Waals surface area contributed by atoms with E-state index in [9.17, 15) is 8.42 Å². The molecule has 1 fully saturated rings. The van der Waals surface area contributed by atoms with Crippen molar-refractivity contribution in [3.8, 4) is 0 Å². The lowest BCUT2D eigenvalue weighted by Crippen LogP contribution is -2.31. The lowest BCUT2D eigenvalue weighted by molar-refractivity contribution is 0.284. The van der Waals surface area contributed by atoms with Gasteiger partial charge in [-0.3, -0.25) is 0 Å². The zero-order valence-corrected chi connectivity index (χ0v) is 17.1. The Balaban J connectivity index is 1.57. The van der Waals surface area contributed by atoms with Crippen molar-refractivity contribution >= 4 is 32.7 Å². The third kappa shape index (κ3) is 5.52. The Kier molecular flexibility index (Phi) is 6.16. The summed E-state index contributed by atoms with van der Waals surface area (Å²) in [5, 5.41) is 4.46. The number of hydrogen-bond donors (Lipinski definition) is 2. The number of para-hydroxylation sites is 1. The van der Waals surface area contributed by atoms with Gasteiger partial charge >= 0.3 is 0 Å². The maximum Gasteiger partial charge on any atom is 0.225 e. The van der Waals surface area contributed by atoms with E-state index in [-0.39, 0.29) is 0 Å². The maximum absolute atomic E-state index is 11.2. The van der Waals surface area contributed by atoms with Crippen molar-refractivity contribution in [1.82, 2.24) is 14.7 Å². The van der Waals surface area contributed by atoms with Crippen molar-refractivity contribution < 1.29 is 8.42 Å². The number of fused-ring (bicyclic) bond motifs is 1. The fourth-order valence-corrected chi connectivity index (χ4v) is 4.16. The molecule has 1 aliphatic rings. The van der Waals surface area contributed by atoms with Crippen molar-refractivity contribution in [3.63, 3.8) is 0 Å². The summed E-state index contributed by atoms with van der Waals surface area (Å²) in [6.07, 6.45) is 5.51. The van der Waals surface area contributed by atoms with Gasteiger partial charge in [-0.05, 0) is 49.7 Å². The molecule has 1 heterocycles. The summed E-state index contributed by atoms with van der Waals surface area (Å²) in [7, 11) is 0.886. The number of aromatic nitrogens is 2. The van der Waals surface area contributed by atoms with Crippen molar-refractivity contribution in [2.45, 2.75) is 25.7 Å². The van der Waals surface area contributed by atoms with Crippen LogP contribution >= 0.6 is 0 Å². The van der Waals surface area contributed by atoms with Crippen LogP contribution in [0.25, 0.3) is 10.9 Å². The first-order valence-corrected chi connectivity index (χ1v) is 11.3. The summed E-state index contributed by atoms with van der Waals surface area (Å²) in [6.45, 7) is 1.40. The smallest absolute Gasteiger partial charge is 0.225 e. The van der Waals surface area contributed by atoms with Gasteiger partial charge in [0.05, 0.1) is 11.8 Å². The van der Waals surface area contributed by atoms with Crippen LogP contribution in [0.1, 0.15) is 25.7 Å². The number of anilines is 2. The van der Waals surface area contributed by atoms with Gasteiger partial charge in [0.2, 0.25) is 16.0 Å². The van der Waals surface area contributed by atoms with E-state index < -0.39 is 10.0 Å². The number of sulfonamides is 1. The van der Waals surface area contributed by atoms with Gasteiger partial charge in [-0.2, -0.15) is 4.98 Å². The predicted octanol–water partition coefficient (Wildman–Crippen LogP) is 2.46. The molecule has 0 radical (unpaired) electrons. The number of hydrogen-bond acceptors (Lipinski definition) is 6. The molecule has 0 amide bonds. The van der Waals surface area contributed by atoms with Crippen molar-refractivity contribution in [2.24, 2.45) is 11.8 Å². The highest BCUT2D eigenvalue weighted by molar-refractivity contribution is 7.88. The highest BCUT2D eigenvalue weighted by Crippen LogP contribution is 2.29. The van der Waals surface area contributed by atoms with Crippen LogP contribution in [0.3, 0.4) is 0 Å². The third-order valence-electron chi connectivity index (χ3n) is 5.16. The molecule has 148 valence electrons. The molecule has 0 bridgehead atoms. The fraction of sp³-hybridized carbons (Fsp3) is 0.579. The van der Waals surface area contributed by atoms with Gasteiger partial charge in [-0.15, -0.1) is 0 Å². The first kappa shape index (κ1) is 19.8. The quantitative estimate of drug-likeness (QED) is 0.754. The lowest BCUT2D eigenvalue weighted by Gasteiger charge is -2.28. The zero-order chi connectivity index (χ0) is 19.4. The number of benzene rings is 1. The van der Waals surface area contributed by atoms with Crippen LogP contribution in [0, 0.1) is 11.8 Å². The van der Waals surface area contributed by atoms with E-state index in [1.54, 1.807) is 0 Å². The molecule has 0 atom stereocenters. The van der Waals surface area contributed by atoms with Gasteiger partial charge in [0.25, 0.3) is 0 Å². The molecule has 0 spiro atoms. The number of rotatable bonds is 7. The molecule has 1 aromatic heterocycles. The Hall–Kier alpha value is -1.93. The Morgan fingerprint density at radius 3 is 2.30 bits per heavy atom. The molecule has 0 saturated heterocycles. The minimum atomic E-state index is -3.10. The van der Waals surface area contributed by atoms with E-state index in [1.807, 2.05) is 43.3 Å². The van der Waals surface area contributed by atoms with E-state index in [0.717, 1.165) is 48.9 Å². The van der Waals surface area contributed by atoms with E-state index in [1.165, 1.54) is 6.26 Å². The largest absolute Gasteiger partial charge is 0.362 e. The standard InChI is InChI=1S/C19H29N5O2S/c1-24(2)18-16-6-4-5-7-17(16)22-19(23-18)20-12-14-8-10-15(11-9-14)13-21-27(3,25)26/h4-7,14-15,21H,8-13H2,1-3H3,(H,20,22,23)/t14-,15-. The minimum absolute atomic E-state index is 0.438. The molecular formula is C19H29N5O2S. The molecule has 1 aromatic carbocycles. The maximum atomic E-state index is 11.2. The summed E-state index contributed by atoms with van der Waals surface area (Å²) in [6, 6.07) is 8.04. The molecule has 7 nitrogen and oxygen atoms in total. The molecule has 2 N–H and O–H groups in total. The lowest BCUT2D eigenvalue weighted by atomic mass is 9.82. The molecule has 3 rings (SSSR count). The second-order valence-electron chi connectivity index (χ2n) is 7.67. The average Bonchev–Trinajstić information content (AvgIpc) is 2.64. The predicted molar refractivity (Wildman–Crippen MR) is 111 cm³/mol. The van der Waals surface area contributed by atoms with Crippen LogP contribution in [-0.2, 0) is 10.0 Å². The van der Waals surface area contributed by atoms with Crippen LogP contribution in [0.5, 0.6) is 0 Å². The summed E-state index contributed by atoms with van der Waals surface area (Å²) in [5.41, 5.74) is 0.939. The summed E-state index contributed by atoms with van der Waals surface area (Å²) >= 11 is 0. The van der Waals surface area contributed by atoms with Crippen LogP contribution in [0.2, 0.25) is 0 Å². The first-order valence-electron chi connectivity index (χ1n) is 9.44. The van der Waals surface area contributed by atoms with Crippen LogP contribution in [-0.4, -0.2) is 51.8 Å². The zero-order valence-electron chi connectivity index (χ0n) is 16.3. The van der Waals surface area contributed by atoms with Crippen molar-refractivity contribution in [2.75, 3.05) is 43.7 Å². The van der Waals surface area contributed by atoms with Crippen LogP contribution < -0.4 is 14.9 Å². The van der Waals surface area contributed by atoms with Crippen molar-refractivity contribution in [1.29, 1.82) is 0 Å². The molecule has 8 heteroatoms. The molecule has 0 unspecified atom stereocenters. The van der Waals surface area contributed by atoms with Gasteiger partial charge in [-0.25, -0.2) is 18.1 Å². The van der Waals surface area contributed by atoms with Gasteiger partial charge in [0.1, 0.15) is 5.82 Å². The van der Waals surface area contributed by atoms with E-state index in [2.05, 4.69) is 20.0 Å². The SMILES string of the molecule is CN(C)c1nc(NC[C@H]2CC[C@H](CNS(C)(=O)=O)CC2)nc2ccccc12. The van der Waals surface area contributed by atoms with E-state index in [4.69, 9.17) is 0 Å². The number of nitrogens with one attached hydrogen (secondary N) is 2. The van der Waals surface area contributed by atoms with Gasteiger partial charge < -0.3 is 10.2 Å². The number of nitrogens with zero attached hydrogens (tertiary/aromatic N) is 3. The van der Waals surface area contributed by atoms with Gasteiger partial charge in [0.15, 0.2) is 0 Å². The topological polar surface area (TPSA) is 87.2 Å². The summed E-state index contributed by atoms with van der Waals surface area (Å²) in [5.74, 6) is 2.59. The Bertz CT molecular complexity index is 877. The molecule has 1 saturated carbocycles. The fourth-order valence-electron chi connectivity index (χ4n) is 3.62. The molecule has 27 heavy (non-hydrogen) atoms. The molecule has 2 aromatic rings. The average molecular weight is 392 g/mol. The highest BCUT2D eigenvalue weighted by Gasteiger charge is 2.22. The summed E-state index contributed by atoms with van der Waals surface area (Å²) in [4.78, 5) is 11.3.